The van der Waals surface area contributed by atoms with E-state index in [1.807, 2.05) is 61.5 Å². The lowest BCUT2D eigenvalue weighted by Gasteiger charge is -2.19. The summed E-state index contributed by atoms with van der Waals surface area (Å²) < 4.78 is 0. The van der Waals surface area contributed by atoms with Crippen molar-refractivity contribution in [3.8, 4) is 0 Å². The average Bonchev–Trinajstić information content (AvgIpc) is 3.03. The number of para-hydroxylation sites is 2. The fourth-order valence-electron chi connectivity index (χ4n) is 2.72. The third-order valence-corrected chi connectivity index (χ3v) is 4.24. The number of carbonyl (C=O) groups is 1. The largest absolute Gasteiger partial charge is 0.355 e. The Morgan fingerprint density at radius 1 is 1.12 bits per heavy atom. The van der Waals surface area contributed by atoms with Gasteiger partial charge in [0.15, 0.2) is 0 Å². The fraction of sp³-hybridized carbons (Fsp3) is 0.263. The van der Waals surface area contributed by atoms with Crippen LogP contribution in [0.4, 0.5) is 0 Å². The first kappa shape index (κ1) is 22.0. The highest BCUT2D eigenvalue weighted by molar-refractivity contribution is 5.85. The third-order valence-electron chi connectivity index (χ3n) is 4.24. The number of rotatable bonds is 6. The number of aromatic amines is 1. The van der Waals surface area contributed by atoms with E-state index in [0.717, 1.165) is 22.4 Å². The lowest BCUT2D eigenvalue weighted by Crippen LogP contribution is -2.36. The van der Waals surface area contributed by atoms with Gasteiger partial charge in [-0.15, -0.1) is 24.8 Å². The van der Waals surface area contributed by atoms with Gasteiger partial charge in [-0.2, -0.15) is 0 Å². The van der Waals surface area contributed by atoms with Crippen LogP contribution in [-0.2, 0) is 11.2 Å². The van der Waals surface area contributed by atoms with Gasteiger partial charge in [-0.25, -0.2) is 4.98 Å². The van der Waals surface area contributed by atoms with E-state index in [1.54, 1.807) is 0 Å². The summed E-state index contributed by atoms with van der Waals surface area (Å²) in [5.41, 5.74) is 9.12. The molecule has 0 saturated heterocycles. The number of imidazole rings is 1. The van der Waals surface area contributed by atoms with Gasteiger partial charge >= 0.3 is 0 Å². The maximum Gasteiger partial charge on any atom is 0.224 e. The minimum atomic E-state index is -0.308. The van der Waals surface area contributed by atoms with Crippen LogP contribution in [0.3, 0.4) is 0 Å². The van der Waals surface area contributed by atoms with Gasteiger partial charge in [0.25, 0.3) is 0 Å². The van der Waals surface area contributed by atoms with Crippen LogP contribution in [0.25, 0.3) is 11.0 Å². The molecule has 2 aromatic carbocycles. The molecular weight excluding hydrogens is 371 g/mol. The summed E-state index contributed by atoms with van der Waals surface area (Å²) in [6.45, 7) is 2.39. The zero-order valence-electron chi connectivity index (χ0n) is 14.5. The fourth-order valence-corrected chi connectivity index (χ4v) is 2.72. The molecule has 0 saturated carbocycles. The topological polar surface area (TPSA) is 83.8 Å². The van der Waals surface area contributed by atoms with Crippen molar-refractivity contribution in [2.75, 3.05) is 6.54 Å². The van der Waals surface area contributed by atoms with E-state index in [2.05, 4.69) is 15.3 Å². The Bertz CT molecular complexity index is 790. The van der Waals surface area contributed by atoms with Crippen molar-refractivity contribution in [2.24, 2.45) is 11.7 Å². The van der Waals surface area contributed by atoms with Crippen LogP contribution in [0.2, 0.25) is 0 Å². The molecule has 0 fully saturated rings. The van der Waals surface area contributed by atoms with Gasteiger partial charge < -0.3 is 16.0 Å². The quantitative estimate of drug-likeness (QED) is 0.598. The molecule has 3 rings (SSSR count). The molecule has 0 spiro atoms. The monoisotopic (exact) mass is 394 g/mol. The molecule has 0 radical (unpaired) electrons. The molecule has 1 aromatic heterocycles. The van der Waals surface area contributed by atoms with E-state index < -0.39 is 0 Å². The molecule has 3 aromatic rings. The van der Waals surface area contributed by atoms with E-state index in [0.29, 0.717) is 13.0 Å². The van der Waals surface area contributed by atoms with Crippen molar-refractivity contribution in [3.63, 3.8) is 0 Å². The molecule has 0 aliphatic carbocycles. The molecule has 2 unspecified atom stereocenters. The van der Waals surface area contributed by atoms with E-state index in [1.165, 1.54) is 0 Å². The summed E-state index contributed by atoms with van der Waals surface area (Å²) >= 11 is 0. The van der Waals surface area contributed by atoms with Crippen molar-refractivity contribution in [1.82, 2.24) is 15.3 Å². The number of nitrogens with one attached hydrogen (secondary N) is 2. The average molecular weight is 395 g/mol. The SMILES string of the molecule is CC(C(=O)NCCc1nc2ccccc2[nH]1)C(N)c1ccccc1.Cl.Cl. The highest BCUT2D eigenvalue weighted by Gasteiger charge is 2.21. The molecule has 140 valence electrons. The molecule has 7 heteroatoms. The number of carbonyl (C=O) groups excluding carboxylic acids is 1. The van der Waals surface area contributed by atoms with E-state index in [9.17, 15) is 4.79 Å². The summed E-state index contributed by atoms with van der Waals surface area (Å²) in [5.74, 6) is 0.544. The number of benzene rings is 2. The first-order valence-electron chi connectivity index (χ1n) is 8.17. The highest BCUT2D eigenvalue weighted by Crippen LogP contribution is 2.19. The summed E-state index contributed by atoms with van der Waals surface area (Å²) in [7, 11) is 0. The number of halogens is 2. The van der Waals surface area contributed by atoms with Gasteiger partial charge in [-0.1, -0.05) is 49.4 Å². The lowest BCUT2D eigenvalue weighted by molar-refractivity contribution is -0.125. The Kier molecular flexibility index (Phi) is 8.58. The predicted octanol–water partition coefficient (Wildman–Crippen LogP) is 3.40. The lowest BCUT2D eigenvalue weighted by atomic mass is 9.95. The zero-order valence-corrected chi connectivity index (χ0v) is 16.1. The molecule has 4 N–H and O–H groups in total. The maximum absolute atomic E-state index is 12.3. The Hall–Kier alpha value is -2.08. The maximum atomic E-state index is 12.3. The molecule has 5 nitrogen and oxygen atoms in total. The molecule has 0 aliphatic heterocycles. The van der Waals surface area contributed by atoms with Gasteiger partial charge in [-0.05, 0) is 17.7 Å². The number of nitrogens with zero attached hydrogens (tertiary/aromatic N) is 1. The van der Waals surface area contributed by atoms with Crippen molar-refractivity contribution in [2.45, 2.75) is 19.4 Å². The Morgan fingerprint density at radius 2 is 1.77 bits per heavy atom. The minimum Gasteiger partial charge on any atom is -0.355 e. The minimum absolute atomic E-state index is 0. The summed E-state index contributed by atoms with van der Waals surface area (Å²) in [5, 5.41) is 2.95. The van der Waals surface area contributed by atoms with E-state index in [4.69, 9.17) is 5.73 Å². The number of aromatic nitrogens is 2. The molecular formula is C19H24Cl2N4O. The number of amides is 1. The normalized spacial score (nSPS) is 12.5. The Balaban J connectivity index is 0.00000169. The number of fused-ring (bicyclic) bond motifs is 1. The first-order valence-corrected chi connectivity index (χ1v) is 8.17. The van der Waals surface area contributed by atoms with Crippen LogP contribution < -0.4 is 11.1 Å². The predicted molar refractivity (Wildman–Crippen MR) is 110 cm³/mol. The molecule has 26 heavy (non-hydrogen) atoms. The number of hydrogen-bond donors (Lipinski definition) is 3. The Morgan fingerprint density at radius 3 is 2.46 bits per heavy atom. The van der Waals surface area contributed by atoms with Crippen LogP contribution >= 0.6 is 24.8 Å². The molecule has 0 aliphatic rings. The van der Waals surface area contributed by atoms with Gasteiger partial charge in [0.05, 0.1) is 17.0 Å². The number of H-pyrrole nitrogens is 1. The van der Waals surface area contributed by atoms with Crippen LogP contribution in [0.5, 0.6) is 0 Å². The summed E-state index contributed by atoms with van der Waals surface area (Å²) in [4.78, 5) is 20.1. The second-order valence-electron chi connectivity index (χ2n) is 5.97. The van der Waals surface area contributed by atoms with E-state index >= 15 is 0 Å². The molecule has 1 heterocycles. The molecule has 2 atom stereocenters. The zero-order chi connectivity index (χ0) is 16.9. The van der Waals surface area contributed by atoms with Crippen molar-refractivity contribution in [3.05, 3.63) is 66.0 Å². The van der Waals surface area contributed by atoms with Crippen molar-refractivity contribution < 1.29 is 4.79 Å². The highest BCUT2D eigenvalue weighted by atomic mass is 35.5. The van der Waals surface area contributed by atoms with Gasteiger partial charge in [0.1, 0.15) is 5.82 Å². The van der Waals surface area contributed by atoms with Crippen LogP contribution in [0.1, 0.15) is 24.4 Å². The third kappa shape index (κ3) is 5.21. The van der Waals surface area contributed by atoms with E-state index in [-0.39, 0.29) is 42.7 Å². The van der Waals surface area contributed by atoms with Crippen molar-refractivity contribution >= 4 is 41.8 Å². The molecule has 0 bridgehead atoms. The van der Waals surface area contributed by atoms with Crippen LogP contribution in [0, 0.1) is 5.92 Å². The summed E-state index contributed by atoms with van der Waals surface area (Å²) in [6.07, 6.45) is 0.660. The number of nitrogens with two attached hydrogens (primary N) is 1. The second kappa shape index (κ2) is 10.2. The Labute approximate surface area is 165 Å². The first-order chi connectivity index (χ1) is 11.6. The smallest absolute Gasteiger partial charge is 0.224 e. The standard InChI is InChI=1S/C19H22N4O.2ClH/c1-13(18(20)14-7-3-2-4-8-14)19(24)21-12-11-17-22-15-9-5-6-10-16(15)23-17;;/h2-10,13,18H,11-12,20H2,1H3,(H,21,24)(H,22,23);2*1H. The van der Waals surface area contributed by atoms with Gasteiger partial charge in [0.2, 0.25) is 5.91 Å². The second-order valence-corrected chi connectivity index (χ2v) is 5.97. The van der Waals surface area contributed by atoms with Crippen LogP contribution in [-0.4, -0.2) is 22.4 Å². The summed E-state index contributed by atoms with van der Waals surface area (Å²) in [6, 6.07) is 17.3. The number of hydrogen-bond acceptors (Lipinski definition) is 3. The van der Waals surface area contributed by atoms with Crippen LogP contribution in [0.15, 0.2) is 54.6 Å². The van der Waals surface area contributed by atoms with Crippen molar-refractivity contribution in [1.29, 1.82) is 0 Å². The molecule has 1 amide bonds. The van der Waals surface area contributed by atoms with Gasteiger partial charge in [0, 0.05) is 19.0 Å². The van der Waals surface area contributed by atoms with Gasteiger partial charge in [-0.3, -0.25) is 4.79 Å².